The van der Waals surface area contributed by atoms with E-state index in [1.807, 2.05) is 6.92 Å². The molecule has 0 spiro atoms. The van der Waals surface area contributed by atoms with E-state index < -0.39 is 0 Å². The van der Waals surface area contributed by atoms with E-state index in [2.05, 4.69) is 30.7 Å². The van der Waals surface area contributed by atoms with E-state index in [1.165, 1.54) is 0 Å². The molecule has 0 atom stereocenters. The van der Waals surface area contributed by atoms with Crippen molar-refractivity contribution in [3.05, 3.63) is 17.1 Å². The van der Waals surface area contributed by atoms with Crippen LogP contribution >= 0.6 is 0 Å². The first-order valence-corrected chi connectivity index (χ1v) is 5.76. The van der Waals surface area contributed by atoms with Crippen molar-refractivity contribution in [3.63, 3.8) is 0 Å². The largest absolute Gasteiger partial charge is 0.383 e. The summed E-state index contributed by atoms with van der Waals surface area (Å²) >= 11 is 0. The molecule has 0 saturated carbocycles. The fourth-order valence-corrected chi connectivity index (χ4v) is 1.78. The third-order valence-corrected chi connectivity index (χ3v) is 2.99. The normalized spacial score (nSPS) is 11.0. The average molecular weight is 207 g/mol. The van der Waals surface area contributed by atoms with E-state index in [1.54, 1.807) is 0 Å². The molecule has 3 heteroatoms. The molecule has 0 amide bonds. The summed E-state index contributed by atoms with van der Waals surface area (Å²) in [5, 5.41) is 0. The van der Waals surface area contributed by atoms with Gasteiger partial charge in [0, 0.05) is 17.2 Å². The molecule has 0 aliphatic rings. The Balaban J connectivity index is 3.15. The standard InChI is InChI=1S/C12H21N3/c1-5-9(6-2)12-14-10(7-3)8(4)11(13)15-12/h9H,5-7H2,1-4H3,(H2,13,14,15). The highest BCUT2D eigenvalue weighted by atomic mass is 15.0. The molecular weight excluding hydrogens is 186 g/mol. The monoisotopic (exact) mass is 207 g/mol. The zero-order valence-corrected chi connectivity index (χ0v) is 10.2. The second-order valence-electron chi connectivity index (χ2n) is 3.91. The molecule has 0 radical (unpaired) electrons. The van der Waals surface area contributed by atoms with E-state index in [-0.39, 0.29) is 0 Å². The highest BCUT2D eigenvalue weighted by Crippen LogP contribution is 2.22. The molecule has 1 heterocycles. The van der Waals surface area contributed by atoms with Crippen LogP contribution in [0.4, 0.5) is 5.82 Å². The van der Waals surface area contributed by atoms with E-state index in [4.69, 9.17) is 5.73 Å². The highest BCUT2D eigenvalue weighted by Gasteiger charge is 2.13. The maximum atomic E-state index is 5.89. The smallest absolute Gasteiger partial charge is 0.134 e. The van der Waals surface area contributed by atoms with Crippen LogP contribution in [0.5, 0.6) is 0 Å². The van der Waals surface area contributed by atoms with Crippen LogP contribution in [-0.2, 0) is 6.42 Å². The Morgan fingerprint density at radius 3 is 2.20 bits per heavy atom. The lowest BCUT2D eigenvalue weighted by Crippen LogP contribution is -2.10. The van der Waals surface area contributed by atoms with E-state index in [0.29, 0.717) is 11.7 Å². The first-order valence-electron chi connectivity index (χ1n) is 5.76. The summed E-state index contributed by atoms with van der Waals surface area (Å²) in [6.07, 6.45) is 3.07. The molecule has 1 aromatic rings. The Labute approximate surface area is 92.1 Å². The molecule has 84 valence electrons. The van der Waals surface area contributed by atoms with Crippen LogP contribution in [0.2, 0.25) is 0 Å². The van der Waals surface area contributed by atoms with E-state index >= 15 is 0 Å². The van der Waals surface area contributed by atoms with Crippen molar-refractivity contribution in [3.8, 4) is 0 Å². The highest BCUT2D eigenvalue weighted by molar-refractivity contribution is 5.41. The molecule has 0 aliphatic carbocycles. The van der Waals surface area contributed by atoms with Gasteiger partial charge in [-0.3, -0.25) is 0 Å². The zero-order valence-electron chi connectivity index (χ0n) is 10.2. The summed E-state index contributed by atoms with van der Waals surface area (Å²) in [6, 6.07) is 0. The molecule has 0 fully saturated rings. The first-order chi connectivity index (χ1) is 7.13. The minimum Gasteiger partial charge on any atom is -0.383 e. The minimum atomic E-state index is 0.443. The molecular formula is C12H21N3. The van der Waals surface area contributed by atoms with E-state index in [0.717, 1.165) is 36.3 Å². The molecule has 1 rings (SSSR count). The van der Waals surface area contributed by atoms with Gasteiger partial charge in [-0.15, -0.1) is 0 Å². The topological polar surface area (TPSA) is 51.8 Å². The predicted octanol–water partition coefficient (Wildman–Crippen LogP) is 2.83. The Kier molecular flexibility index (Phi) is 4.06. The maximum absolute atomic E-state index is 5.89. The predicted molar refractivity (Wildman–Crippen MR) is 63.9 cm³/mol. The van der Waals surface area contributed by atoms with Crippen molar-refractivity contribution >= 4 is 5.82 Å². The van der Waals surface area contributed by atoms with Crippen LogP contribution in [0.3, 0.4) is 0 Å². The fraction of sp³-hybridized carbons (Fsp3) is 0.667. The number of aromatic nitrogens is 2. The van der Waals surface area contributed by atoms with Crippen LogP contribution in [-0.4, -0.2) is 9.97 Å². The van der Waals surface area contributed by atoms with Gasteiger partial charge in [0.15, 0.2) is 0 Å². The number of hydrogen-bond donors (Lipinski definition) is 1. The fourth-order valence-electron chi connectivity index (χ4n) is 1.78. The number of nitrogens with zero attached hydrogens (tertiary/aromatic N) is 2. The molecule has 15 heavy (non-hydrogen) atoms. The van der Waals surface area contributed by atoms with Crippen molar-refractivity contribution in [2.75, 3.05) is 5.73 Å². The number of nitrogens with two attached hydrogens (primary N) is 1. The van der Waals surface area contributed by atoms with Gasteiger partial charge in [0.05, 0.1) is 0 Å². The van der Waals surface area contributed by atoms with E-state index in [9.17, 15) is 0 Å². The molecule has 2 N–H and O–H groups in total. The van der Waals surface area contributed by atoms with Gasteiger partial charge in [-0.05, 0) is 26.2 Å². The first kappa shape index (κ1) is 12.0. The summed E-state index contributed by atoms with van der Waals surface area (Å²) in [5.41, 5.74) is 8.01. The molecule has 0 saturated heterocycles. The van der Waals surface area contributed by atoms with Gasteiger partial charge in [0.1, 0.15) is 11.6 Å². The Morgan fingerprint density at radius 2 is 1.73 bits per heavy atom. The summed E-state index contributed by atoms with van der Waals surface area (Å²) in [7, 11) is 0. The van der Waals surface area contributed by atoms with Crippen molar-refractivity contribution in [2.45, 2.75) is 52.9 Å². The van der Waals surface area contributed by atoms with Crippen LogP contribution in [0.1, 0.15) is 56.6 Å². The quantitative estimate of drug-likeness (QED) is 0.826. The maximum Gasteiger partial charge on any atom is 0.134 e. The summed E-state index contributed by atoms with van der Waals surface area (Å²) in [6.45, 7) is 8.43. The Hall–Kier alpha value is -1.12. The van der Waals surface area contributed by atoms with Crippen molar-refractivity contribution in [2.24, 2.45) is 0 Å². The van der Waals surface area contributed by atoms with Crippen LogP contribution < -0.4 is 5.73 Å². The minimum absolute atomic E-state index is 0.443. The average Bonchev–Trinajstić information content (AvgIpc) is 2.24. The number of hydrogen-bond acceptors (Lipinski definition) is 3. The van der Waals surface area contributed by atoms with Gasteiger partial charge < -0.3 is 5.73 Å². The van der Waals surface area contributed by atoms with Crippen LogP contribution in [0.25, 0.3) is 0 Å². The second-order valence-corrected chi connectivity index (χ2v) is 3.91. The Bertz CT molecular complexity index is 330. The third kappa shape index (κ3) is 2.46. The van der Waals surface area contributed by atoms with Crippen LogP contribution in [0, 0.1) is 6.92 Å². The van der Waals surface area contributed by atoms with Crippen molar-refractivity contribution < 1.29 is 0 Å². The third-order valence-electron chi connectivity index (χ3n) is 2.99. The second kappa shape index (κ2) is 5.10. The lowest BCUT2D eigenvalue weighted by molar-refractivity contribution is 0.598. The number of rotatable bonds is 4. The lowest BCUT2D eigenvalue weighted by Gasteiger charge is -2.14. The molecule has 0 unspecified atom stereocenters. The molecule has 0 aliphatic heterocycles. The Morgan fingerprint density at radius 1 is 1.13 bits per heavy atom. The van der Waals surface area contributed by atoms with Crippen molar-refractivity contribution in [1.82, 2.24) is 9.97 Å². The lowest BCUT2D eigenvalue weighted by atomic mass is 10.0. The summed E-state index contributed by atoms with van der Waals surface area (Å²) in [5.74, 6) is 2.00. The number of aryl methyl sites for hydroxylation is 1. The van der Waals surface area contributed by atoms with Crippen molar-refractivity contribution in [1.29, 1.82) is 0 Å². The van der Waals surface area contributed by atoms with Gasteiger partial charge in [-0.1, -0.05) is 20.8 Å². The molecule has 3 nitrogen and oxygen atoms in total. The molecule has 1 aromatic heterocycles. The summed E-state index contributed by atoms with van der Waals surface area (Å²) in [4.78, 5) is 8.99. The number of anilines is 1. The molecule has 0 bridgehead atoms. The zero-order chi connectivity index (χ0) is 11.4. The van der Waals surface area contributed by atoms with Gasteiger partial charge in [0.2, 0.25) is 0 Å². The molecule has 0 aromatic carbocycles. The number of nitrogen functional groups attached to an aromatic ring is 1. The van der Waals surface area contributed by atoms with Gasteiger partial charge in [0.25, 0.3) is 0 Å². The van der Waals surface area contributed by atoms with Gasteiger partial charge in [-0.2, -0.15) is 0 Å². The van der Waals surface area contributed by atoms with Gasteiger partial charge in [-0.25, -0.2) is 9.97 Å². The SMILES string of the molecule is CCc1nc(C(CC)CC)nc(N)c1C. The summed E-state index contributed by atoms with van der Waals surface area (Å²) < 4.78 is 0. The van der Waals surface area contributed by atoms with Crippen LogP contribution in [0.15, 0.2) is 0 Å². The van der Waals surface area contributed by atoms with Gasteiger partial charge >= 0.3 is 0 Å².